The lowest BCUT2D eigenvalue weighted by Crippen LogP contribution is -2.26. The minimum atomic E-state index is 0.413. The number of aromatic nitrogens is 2. The fourth-order valence-corrected chi connectivity index (χ4v) is 2.92. The standard InChI is InChI=1S/C16H21N3/c1-2-17-15(11-12-5-3-6-12)13-7-4-8-14-16(13)19-10-9-18-14/h4,7-10,12,15,17H,2-3,5-6,11H2,1H3. The number of rotatable bonds is 5. The summed E-state index contributed by atoms with van der Waals surface area (Å²) in [5, 5.41) is 3.62. The second-order valence-electron chi connectivity index (χ2n) is 5.41. The van der Waals surface area contributed by atoms with Crippen molar-refractivity contribution in [3.63, 3.8) is 0 Å². The third-order valence-corrected chi connectivity index (χ3v) is 4.15. The van der Waals surface area contributed by atoms with Crippen LogP contribution in [0.15, 0.2) is 30.6 Å². The predicted octanol–water partition coefficient (Wildman–Crippen LogP) is 3.47. The fraction of sp³-hybridized carbons (Fsp3) is 0.500. The van der Waals surface area contributed by atoms with Gasteiger partial charge < -0.3 is 5.32 Å². The van der Waals surface area contributed by atoms with E-state index in [0.29, 0.717) is 6.04 Å². The highest BCUT2D eigenvalue weighted by Crippen LogP contribution is 2.35. The van der Waals surface area contributed by atoms with Crippen LogP contribution in [0.1, 0.15) is 44.2 Å². The Morgan fingerprint density at radius 1 is 1.26 bits per heavy atom. The smallest absolute Gasteiger partial charge is 0.0934 e. The third-order valence-electron chi connectivity index (χ3n) is 4.15. The van der Waals surface area contributed by atoms with Gasteiger partial charge in [-0.25, -0.2) is 0 Å². The Labute approximate surface area is 114 Å². The van der Waals surface area contributed by atoms with Gasteiger partial charge in [-0.05, 0) is 30.5 Å². The largest absolute Gasteiger partial charge is 0.310 e. The average molecular weight is 255 g/mol. The van der Waals surface area contributed by atoms with E-state index >= 15 is 0 Å². The summed E-state index contributed by atoms with van der Waals surface area (Å²) in [6.45, 7) is 3.17. The highest BCUT2D eigenvalue weighted by molar-refractivity contribution is 5.78. The normalized spacial score (nSPS) is 17.3. The van der Waals surface area contributed by atoms with Crippen LogP contribution < -0.4 is 5.32 Å². The molecule has 3 rings (SSSR count). The predicted molar refractivity (Wildman–Crippen MR) is 77.9 cm³/mol. The second kappa shape index (κ2) is 5.66. The fourth-order valence-electron chi connectivity index (χ4n) is 2.92. The van der Waals surface area contributed by atoms with E-state index in [1.165, 1.54) is 31.2 Å². The molecule has 1 atom stereocenters. The van der Waals surface area contributed by atoms with E-state index in [1.807, 2.05) is 6.07 Å². The van der Waals surface area contributed by atoms with E-state index in [0.717, 1.165) is 23.5 Å². The van der Waals surface area contributed by atoms with Crippen LogP contribution in [-0.2, 0) is 0 Å². The van der Waals surface area contributed by atoms with E-state index in [1.54, 1.807) is 12.4 Å². The molecule has 0 radical (unpaired) electrons. The molecular formula is C16H21N3. The first-order valence-electron chi connectivity index (χ1n) is 7.31. The molecule has 1 fully saturated rings. The average Bonchev–Trinajstić information content (AvgIpc) is 2.41. The maximum Gasteiger partial charge on any atom is 0.0934 e. The molecule has 19 heavy (non-hydrogen) atoms. The molecule has 1 aromatic carbocycles. The first-order valence-corrected chi connectivity index (χ1v) is 7.31. The first kappa shape index (κ1) is 12.5. The number of benzene rings is 1. The van der Waals surface area contributed by atoms with Crippen LogP contribution in [0.2, 0.25) is 0 Å². The topological polar surface area (TPSA) is 37.8 Å². The molecule has 1 unspecified atom stereocenters. The minimum absolute atomic E-state index is 0.413. The van der Waals surface area contributed by atoms with E-state index < -0.39 is 0 Å². The molecule has 3 nitrogen and oxygen atoms in total. The first-order chi connectivity index (χ1) is 9.38. The minimum Gasteiger partial charge on any atom is -0.310 e. The molecule has 1 saturated carbocycles. The van der Waals surface area contributed by atoms with Gasteiger partial charge in [-0.15, -0.1) is 0 Å². The van der Waals surface area contributed by atoms with Crippen molar-refractivity contribution in [2.24, 2.45) is 5.92 Å². The molecule has 0 aliphatic heterocycles. The lowest BCUT2D eigenvalue weighted by atomic mass is 9.79. The maximum absolute atomic E-state index is 4.53. The summed E-state index contributed by atoms with van der Waals surface area (Å²) < 4.78 is 0. The Morgan fingerprint density at radius 3 is 2.84 bits per heavy atom. The number of nitrogens with zero attached hydrogens (tertiary/aromatic N) is 2. The Morgan fingerprint density at radius 2 is 2.11 bits per heavy atom. The molecule has 2 aromatic rings. The van der Waals surface area contributed by atoms with E-state index in [4.69, 9.17) is 0 Å². The summed E-state index contributed by atoms with van der Waals surface area (Å²) in [6.07, 6.45) is 8.96. The highest BCUT2D eigenvalue weighted by atomic mass is 14.9. The summed E-state index contributed by atoms with van der Waals surface area (Å²) in [6, 6.07) is 6.74. The van der Waals surface area contributed by atoms with Crippen molar-refractivity contribution in [2.45, 2.75) is 38.6 Å². The van der Waals surface area contributed by atoms with Crippen LogP contribution in [0, 0.1) is 5.92 Å². The van der Waals surface area contributed by atoms with Crippen LogP contribution >= 0.6 is 0 Å². The molecule has 3 heteroatoms. The summed E-state index contributed by atoms with van der Waals surface area (Å²) in [5.74, 6) is 0.885. The van der Waals surface area contributed by atoms with Gasteiger partial charge in [0.15, 0.2) is 0 Å². The number of fused-ring (bicyclic) bond motifs is 1. The van der Waals surface area contributed by atoms with Crippen molar-refractivity contribution in [1.29, 1.82) is 0 Å². The zero-order valence-electron chi connectivity index (χ0n) is 11.5. The molecule has 100 valence electrons. The van der Waals surface area contributed by atoms with Crippen LogP contribution in [0.3, 0.4) is 0 Å². The van der Waals surface area contributed by atoms with Crippen molar-refractivity contribution >= 4 is 11.0 Å². The van der Waals surface area contributed by atoms with Crippen molar-refractivity contribution < 1.29 is 0 Å². The lowest BCUT2D eigenvalue weighted by molar-refractivity contribution is 0.263. The monoisotopic (exact) mass is 255 g/mol. The number of hydrogen-bond donors (Lipinski definition) is 1. The summed E-state index contributed by atoms with van der Waals surface area (Å²) in [5.41, 5.74) is 3.35. The van der Waals surface area contributed by atoms with Gasteiger partial charge in [0.25, 0.3) is 0 Å². The van der Waals surface area contributed by atoms with Crippen LogP contribution in [-0.4, -0.2) is 16.5 Å². The third kappa shape index (κ3) is 2.61. The van der Waals surface area contributed by atoms with E-state index in [2.05, 4.69) is 34.3 Å². The van der Waals surface area contributed by atoms with Crippen molar-refractivity contribution in [3.8, 4) is 0 Å². The number of para-hydroxylation sites is 1. The summed E-state index contributed by atoms with van der Waals surface area (Å²) in [7, 11) is 0. The Kier molecular flexibility index (Phi) is 3.74. The molecule has 1 aliphatic carbocycles. The van der Waals surface area contributed by atoms with Gasteiger partial charge in [0.1, 0.15) is 0 Å². The number of nitrogens with one attached hydrogen (secondary N) is 1. The van der Waals surface area contributed by atoms with Gasteiger partial charge in [0.2, 0.25) is 0 Å². The maximum atomic E-state index is 4.53. The molecule has 0 saturated heterocycles. The van der Waals surface area contributed by atoms with E-state index in [-0.39, 0.29) is 0 Å². The van der Waals surface area contributed by atoms with Gasteiger partial charge in [-0.1, -0.05) is 38.3 Å². The van der Waals surface area contributed by atoms with Gasteiger partial charge in [0.05, 0.1) is 11.0 Å². The Hall–Kier alpha value is -1.48. The van der Waals surface area contributed by atoms with Gasteiger partial charge in [0, 0.05) is 18.4 Å². The zero-order chi connectivity index (χ0) is 13.1. The Balaban J connectivity index is 1.93. The molecule has 0 spiro atoms. The molecule has 0 amide bonds. The zero-order valence-corrected chi connectivity index (χ0v) is 11.5. The summed E-state index contributed by atoms with van der Waals surface area (Å²) >= 11 is 0. The molecule has 0 bridgehead atoms. The molecular weight excluding hydrogens is 234 g/mol. The van der Waals surface area contributed by atoms with Crippen LogP contribution in [0.5, 0.6) is 0 Å². The quantitative estimate of drug-likeness (QED) is 0.889. The van der Waals surface area contributed by atoms with Crippen LogP contribution in [0.25, 0.3) is 11.0 Å². The highest BCUT2D eigenvalue weighted by Gasteiger charge is 2.23. The van der Waals surface area contributed by atoms with Gasteiger partial charge in [-0.2, -0.15) is 0 Å². The molecule has 1 N–H and O–H groups in total. The summed E-state index contributed by atoms with van der Waals surface area (Å²) in [4.78, 5) is 8.94. The molecule has 1 aliphatic rings. The Bertz CT molecular complexity index is 543. The number of hydrogen-bond acceptors (Lipinski definition) is 3. The second-order valence-corrected chi connectivity index (χ2v) is 5.41. The SMILES string of the molecule is CCNC(CC1CCC1)c1cccc2nccnc12. The van der Waals surface area contributed by atoms with Crippen molar-refractivity contribution in [2.75, 3.05) is 6.54 Å². The van der Waals surface area contributed by atoms with Gasteiger partial charge >= 0.3 is 0 Å². The van der Waals surface area contributed by atoms with Crippen molar-refractivity contribution in [1.82, 2.24) is 15.3 Å². The van der Waals surface area contributed by atoms with Gasteiger partial charge in [-0.3, -0.25) is 9.97 Å². The lowest BCUT2D eigenvalue weighted by Gasteiger charge is -2.30. The van der Waals surface area contributed by atoms with Crippen LogP contribution in [0.4, 0.5) is 0 Å². The van der Waals surface area contributed by atoms with E-state index in [9.17, 15) is 0 Å². The molecule has 1 heterocycles. The molecule has 1 aromatic heterocycles. The van der Waals surface area contributed by atoms with Crippen molar-refractivity contribution in [3.05, 3.63) is 36.2 Å².